The Morgan fingerprint density at radius 3 is 2.78 bits per heavy atom. The van der Waals surface area contributed by atoms with Gasteiger partial charge in [-0.1, -0.05) is 48.4 Å². The van der Waals surface area contributed by atoms with E-state index in [1.165, 1.54) is 16.8 Å². The van der Waals surface area contributed by atoms with Crippen LogP contribution in [0.3, 0.4) is 0 Å². The van der Waals surface area contributed by atoms with Gasteiger partial charge in [0.2, 0.25) is 0 Å². The van der Waals surface area contributed by atoms with Crippen LogP contribution in [0, 0.1) is 18.3 Å². The molecule has 3 aromatic rings. The van der Waals surface area contributed by atoms with Crippen LogP contribution in [0.4, 0.5) is 11.4 Å². The quantitative estimate of drug-likeness (QED) is 0.240. The molecular weight excluding hydrogens is 460 g/mol. The summed E-state index contributed by atoms with van der Waals surface area (Å²) in [6, 6.07) is 23.4. The highest BCUT2D eigenvalue weighted by Gasteiger charge is 2.37. The molecule has 0 aromatic heterocycles. The molecule has 0 bridgehead atoms. The second kappa shape index (κ2) is 9.06. The fraction of sp³-hybridized carbons (Fsp3) is 0.179. The first kappa shape index (κ1) is 20.6. The molecule has 5 rings (SSSR count). The van der Waals surface area contributed by atoms with Gasteiger partial charge in [0.15, 0.2) is 0 Å². The van der Waals surface area contributed by atoms with Crippen molar-refractivity contribution in [1.29, 1.82) is 0 Å². The van der Waals surface area contributed by atoms with Crippen LogP contribution in [0.2, 0.25) is 0 Å². The Hall–Kier alpha value is -3.29. The van der Waals surface area contributed by atoms with Crippen molar-refractivity contribution < 1.29 is 4.74 Å². The number of fused-ring (bicyclic) bond motifs is 3. The molecule has 0 radical (unpaired) electrons. The molecule has 3 nitrogen and oxygen atoms in total. The van der Waals surface area contributed by atoms with Crippen molar-refractivity contribution in [2.24, 2.45) is 10.9 Å². The molecule has 0 spiro atoms. The maximum absolute atomic E-state index is 5.49. The Kier molecular flexibility index (Phi) is 5.83. The van der Waals surface area contributed by atoms with Gasteiger partial charge in [0.05, 0.1) is 16.2 Å². The highest BCUT2D eigenvalue weighted by molar-refractivity contribution is 9.10. The molecule has 4 heteroatoms. The number of aliphatic imine (C=N–C) groups is 1. The lowest BCUT2D eigenvalue weighted by atomic mass is 9.77. The van der Waals surface area contributed by atoms with Crippen LogP contribution in [0.25, 0.3) is 0 Å². The van der Waals surface area contributed by atoms with Crippen LogP contribution >= 0.6 is 15.9 Å². The first-order chi connectivity index (χ1) is 15.7. The molecule has 32 heavy (non-hydrogen) atoms. The maximum Gasteiger partial charge on any atom is 0.148 e. The lowest BCUT2D eigenvalue weighted by Gasteiger charge is -2.37. The van der Waals surface area contributed by atoms with Gasteiger partial charge in [0.25, 0.3) is 0 Å². The molecule has 3 atom stereocenters. The van der Waals surface area contributed by atoms with E-state index in [-0.39, 0.29) is 6.61 Å². The summed E-state index contributed by atoms with van der Waals surface area (Å²) < 4.78 is 6.35. The summed E-state index contributed by atoms with van der Waals surface area (Å²) in [6.45, 7) is 0.248. The fourth-order valence-electron chi connectivity index (χ4n) is 4.62. The van der Waals surface area contributed by atoms with Gasteiger partial charge in [-0.25, -0.2) is 0 Å². The number of ether oxygens (including phenoxy) is 1. The second-order valence-corrected chi connectivity index (χ2v) is 8.95. The summed E-state index contributed by atoms with van der Waals surface area (Å²) >= 11 is 3.52. The van der Waals surface area contributed by atoms with Crippen LogP contribution in [0.15, 0.2) is 88.3 Å². The van der Waals surface area contributed by atoms with Gasteiger partial charge >= 0.3 is 0 Å². The molecule has 1 aliphatic heterocycles. The zero-order valence-electron chi connectivity index (χ0n) is 17.5. The molecule has 0 unspecified atom stereocenters. The maximum atomic E-state index is 5.49. The largest absolute Gasteiger partial charge is 0.480 e. The van der Waals surface area contributed by atoms with E-state index in [9.17, 15) is 0 Å². The van der Waals surface area contributed by atoms with Gasteiger partial charge in [0.1, 0.15) is 12.4 Å². The van der Waals surface area contributed by atoms with Gasteiger partial charge in [0, 0.05) is 17.8 Å². The number of hydrogen-bond acceptors (Lipinski definition) is 3. The Labute approximate surface area is 197 Å². The molecule has 3 aromatic carbocycles. The van der Waals surface area contributed by atoms with Crippen molar-refractivity contribution in [2.75, 3.05) is 11.9 Å². The monoisotopic (exact) mass is 482 g/mol. The van der Waals surface area contributed by atoms with E-state index in [4.69, 9.17) is 11.2 Å². The van der Waals surface area contributed by atoms with Crippen molar-refractivity contribution in [3.63, 3.8) is 0 Å². The van der Waals surface area contributed by atoms with Crippen LogP contribution in [0.1, 0.15) is 35.1 Å². The number of hydrogen-bond donors (Lipinski definition) is 1. The lowest BCUT2D eigenvalue weighted by molar-refractivity contribution is 0.368. The summed E-state index contributed by atoms with van der Waals surface area (Å²) in [6.07, 6.45) is 12.9. The number of nitrogens with one attached hydrogen (secondary N) is 1. The van der Waals surface area contributed by atoms with Crippen LogP contribution in [-0.4, -0.2) is 12.8 Å². The van der Waals surface area contributed by atoms with E-state index < -0.39 is 0 Å². The van der Waals surface area contributed by atoms with Crippen LogP contribution in [0.5, 0.6) is 5.75 Å². The van der Waals surface area contributed by atoms with Gasteiger partial charge in [-0.15, -0.1) is 6.42 Å². The number of terminal acetylenes is 1. The van der Waals surface area contributed by atoms with Crippen molar-refractivity contribution in [3.05, 3.63) is 100 Å². The number of para-hydroxylation sites is 1. The third-order valence-corrected chi connectivity index (χ3v) is 6.77. The third-order valence-electron chi connectivity index (χ3n) is 6.15. The Morgan fingerprint density at radius 2 is 1.97 bits per heavy atom. The second-order valence-electron chi connectivity index (χ2n) is 8.10. The minimum Gasteiger partial charge on any atom is -0.480 e. The average Bonchev–Trinajstić information content (AvgIpc) is 3.32. The Bertz CT molecular complexity index is 1220. The lowest BCUT2D eigenvalue weighted by Crippen LogP contribution is -2.28. The zero-order chi connectivity index (χ0) is 21.9. The van der Waals surface area contributed by atoms with Crippen LogP contribution in [-0.2, 0) is 0 Å². The van der Waals surface area contributed by atoms with Crippen molar-refractivity contribution in [2.45, 2.75) is 18.4 Å². The van der Waals surface area contributed by atoms with E-state index in [2.05, 4.69) is 92.8 Å². The molecule has 1 N–H and O–H groups in total. The summed E-state index contributed by atoms with van der Waals surface area (Å²) in [5, 5.41) is 3.78. The molecule has 158 valence electrons. The number of rotatable bonds is 5. The summed E-state index contributed by atoms with van der Waals surface area (Å²) in [4.78, 5) is 4.65. The molecule has 1 aliphatic carbocycles. The summed E-state index contributed by atoms with van der Waals surface area (Å²) in [7, 11) is 0. The van der Waals surface area contributed by atoms with Crippen LogP contribution < -0.4 is 10.1 Å². The molecule has 0 fully saturated rings. The predicted molar refractivity (Wildman–Crippen MR) is 135 cm³/mol. The van der Waals surface area contributed by atoms with Gasteiger partial charge in [-0.2, -0.15) is 0 Å². The first-order valence-electron chi connectivity index (χ1n) is 10.7. The van der Waals surface area contributed by atoms with E-state index in [1.54, 1.807) is 0 Å². The Morgan fingerprint density at radius 1 is 1.12 bits per heavy atom. The van der Waals surface area contributed by atoms with E-state index in [0.717, 1.165) is 27.9 Å². The topological polar surface area (TPSA) is 33.6 Å². The van der Waals surface area contributed by atoms with Gasteiger partial charge in [-0.3, -0.25) is 4.99 Å². The minimum absolute atomic E-state index is 0.248. The molecule has 0 amide bonds. The normalized spacial score (nSPS) is 20.9. The number of anilines is 1. The molecular formula is C28H23BrN2O. The van der Waals surface area contributed by atoms with E-state index in [0.29, 0.717) is 17.9 Å². The highest BCUT2D eigenvalue weighted by Crippen LogP contribution is 2.49. The smallest absolute Gasteiger partial charge is 0.148 e. The number of nitrogens with zero attached hydrogens (tertiary/aromatic N) is 1. The summed E-state index contributed by atoms with van der Waals surface area (Å²) in [5.74, 6) is 4.24. The number of halogens is 1. The zero-order valence-corrected chi connectivity index (χ0v) is 19.1. The summed E-state index contributed by atoms with van der Waals surface area (Å²) in [5.41, 5.74) is 5.86. The third kappa shape index (κ3) is 4.09. The average molecular weight is 483 g/mol. The number of benzene rings is 3. The Balaban J connectivity index is 1.32. The van der Waals surface area contributed by atoms with Crippen molar-refractivity contribution in [1.82, 2.24) is 0 Å². The van der Waals surface area contributed by atoms with Crippen molar-refractivity contribution in [3.8, 4) is 18.1 Å². The fourth-order valence-corrected chi connectivity index (χ4v) is 5.14. The van der Waals surface area contributed by atoms with Gasteiger partial charge in [-0.05, 0) is 81.4 Å². The van der Waals surface area contributed by atoms with Crippen molar-refractivity contribution >= 4 is 33.5 Å². The molecule has 0 saturated heterocycles. The first-order valence-corrected chi connectivity index (χ1v) is 11.5. The molecule has 1 heterocycles. The minimum atomic E-state index is 0.248. The standard InChI is InChI=1S/C28H23BrN2O/c1-2-16-32-27-15-10-19(17-25(27)29)18-30-21-13-11-20(12-14-21)28-24-8-5-7-22(24)23-6-3-4-9-26(23)31-28/h1,3-7,9-15,17-18,22,24,28,31H,8,16H2/t22-,24-,28-/m0/s1. The highest BCUT2D eigenvalue weighted by atomic mass is 79.9. The SMILES string of the molecule is C#CCOc1ccc(C=Nc2ccc([C@@H]3Nc4ccccc4[C@@H]4C=CC[C@@H]43)cc2)cc1Br. The van der Waals surface area contributed by atoms with E-state index >= 15 is 0 Å². The van der Waals surface area contributed by atoms with Gasteiger partial charge < -0.3 is 10.1 Å². The molecule has 2 aliphatic rings. The number of allylic oxidation sites excluding steroid dienone is 2. The van der Waals surface area contributed by atoms with E-state index in [1.807, 2.05) is 24.4 Å². The predicted octanol–water partition coefficient (Wildman–Crippen LogP) is 7.04. The molecule has 0 saturated carbocycles.